The number of likely N-dealkylation sites (N-methyl/N-ethyl adjacent to an activating group) is 1. The van der Waals surface area contributed by atoms with Gasteiger partial charge < -0.3 is 29.0 Å². The van der Waals surface area contributed by atoms with Gasteiger partial charge in [-0.1, -0.05) is 18.2 Å². The Morgan fingerprint density at radius 1 is 1.05 bits per heavy atom. The minimum Gasteiger partial charge on any atom is -0.508 e. The second kappa shape index (κ2) is 6.69. The van der Waals surface area contributed by atoms with Crippen molar-refractivity contribution in [2.45, 2.75) is 37.4 Å². The average molecular weight is 497 g/mol. The summed E-state index contributed by atoms with van der Waals surface area (Å²) in [5.74, 6) is -0.699. The molecule has 2 amide bonds. The van der Waals surface area contributed by atoms with Crippen LogP contribution in [0.4, 0.5) is 0 Å². The normalized spacial score (nSPS) is 26.5. The summed E-state index contributed by atoms with van der Waals surface area (Å²) < 4.78 is 17.3. The summed E-state index contributed by atoms with van der Waals surface area (Å²) >= 11 is 0. The third-order valence-electron chi connectivity index (χ3n) is 8.60. The molecule has 8 rings (SSSR count). The molecule has 3 N–H and O–H groups in total. The van der Waals surface area contributed by atoms with Crippen molar-refractivity contribution >= 4 is 55.4 Å². The Balaban J connectivity index is 1.74. The molecule has 4 atom stereocenters. The number of phenolic OH excluding ortho intramolecular Hbond substituents is 1. The zero-order valence-electron chi connectivity index (χ0n) is 20.5. The number of fused-ring (bicyclic) bond motifs is 13. The predicted molar refractivity (Wildman–Crippen MR) is 138 cm³/mol. The summed E-state index contributed by atoms with van der Waals surface area (Å²) in [6.45, 7) is 2.03. The second-order valence-corrected chi connectivity index (χ2v) is 10.3. The van der Waals surface area contributed by atoms with Crippen molar-refractivity contribution in [2.24, 2.45) is 0 Å². The smallest absolute Gasteiger partial charge is 0.259 e. The minimum atomic E-state index is -0.949. The van der Waals surface area contributed by atoms with Crippen LogP contribution in [0.5, 0.6) is 5.75 Å². The fourth-order valence-corrected chi connectivity index (χ4v) is 7.29. The second-order valence-electron chi connectivity index (χ2n) is 10.3. The molecule has 5 aromatic rings. The molecule has 37 heavy (non-hydrogen) atoms. The van der Waals surface area contributed by atoms with E-state index in [0.29, 0.717) is 22.9 Å². The van der Waals surface area contributed by atoms with Gasteiger partial charge in [0.1, 0.15) is 18.1 Å². The topological polar surface area (TPSA) is 107 Å². The van der Waals surface area contributed by atoms with E-state index in [0.717, 1.165) is 38.2 Å². The molecule has 2 aromatic heterocycles. The number of nitrogens with zero attached hydrogens (tertiary/aromatic N) is 2. The number of benzene rings is 3. The van der Waals surface area contributed by atoms with Gasteiger partial charge in [-0.25, -0.2) is 0 Å². The third kappa shape index (κ3) is 2.27. The molecular formula is C28H24N4O5. The molecular weight excluding hydrogens is 472 g/mol. The van der Waals surface area contributed by atoms with Crippen molar-refractivity contribution in [3.8, 4) is 5.75 Å². The summed E-state index contributed by atoms with van der Waals surface area (Å²) in [4.78, 5) is 26.7. The van der Waals surface area contributed by atoms with Crippen molar-refractivity contribution < 1.29 is 24.2 Å². The number of methoxy groups -OCH3 is 1. The van der Waals surface area contributed by atoms with Crippen molar-refractivity contribution in [3.63, 3.8) is 0 Å². The number of hydrogen-bond acceptors (Lipinski definition) is 6. The molecule has 2 bridgehead atoms. The molecule has 0 saturated carbocycles. The number of aromatic hydroxyl groups is 1. The van der Waals surface area contributed by atoms with Gasteiger partial charge in [-0.2, -0.15) is 0 Å². The SMILES string of the molecule is CN[C@@H]1C[C@H]2O[C@@](C)([C@@H]1OC)n1c3ccccc3c3c4c(c5c6ccc(O)cc6n2c5c31)C(=O)NC4=O. The van der Waals surface area contributed by atoms with Gasteiger partial charge in [-0.3, -0.25) is 14.9 Å². The molecule has 3 aliphatic rings. The molecule has 3 aliphatic heterocycles. The van der Waals surface area contributed by atoms with Gasteiger partial charge in [0.05, 0.1) is 33.2 Å². The quantitative estimate of drug-likeness (QED) is 0.322. The molecule has 5 heterocycles. The maximum atomic E-state index is 13.4. The van der Waals surface area contributed by atoms with Crippen molar-refractivity contribution in [1.82, 2.24) is 19.8 Å². The Labute approximate surface area is 210 Å². The van der Waals surface area contributed by atoms with Crippen molar-refractivity contribution in [2.75, 3.05) is 14.2 Å². The number of aromatic nitrogens is 2. The fraction of sp³-hybridized carbons (Fsp3) is 0.286. The highest BCUT2D eigenvalue weighted by atomic mass is 16.6. The third-order valence-corrected chi connectivity index (χ3v) is 8.60. The molecule has 9 heteroatoms. The van der Waals surface area contributed by atoms with E-state index in [1.165, 1.54) is 0 Å². The first kappa shape index (κ1) is 21.2. The van der Waals surface area contributed by atoms with Gasteiger partial charge >= 0.3 is 0 Å². The summed E-state index contributed by atoms with van der Waals surface area (Å²) in [7, 11) is 3.61. The number of rotatable bonds is 2. The number of phenols is 1. The van der Waals surface area contributed by atoms with Gasteiger partial charge in [0.25, 0.3) is 11.8 Å². The van der Waals surface area contributed by atoms with Gasteiger partial charge in [0.2, 0.25) is 0 Å². The lowest BCUT2D eigenvalue weighted by molar-refractivity contribution is -0.256. The van der Waals surface area contributed by atoms with E-state index in [2.05, 4.69) is 19.8 Å². The summed E-state index contributed by atoms with van der Waals surface area (Å²) in [5.41, 5.74) is 3.08. The van der Waals surface area contributed by atoms with E-state index in [-0.39, 0.29) is 17.9 Å². The molecule has 0 unspecified atom stereocenters. The Bertz CT molecular complexity index is 1880. The Kier molecular flexibility index (Phi) is 3.83. The van der Waals surface area contributed by atoms with Crippen LogP contribution in [-0.4, -0.2) is 52.4 Å². The lowest BCUT2D eigenvalue weighted by Crippen LogP contribution is -2.59. The number of hydrogen-bond donors (Lipinski definition) is 3. The van der Waals surface area contributed by atoms with E-state index in [9.17, 15) is 14.7 Å². The van der Waals surface area contributed by atoms with Crippen molar-refractivity contribution in [3.05, 3.63) is 53.6 Å². The van der Waals surface area contributed by atoms with E-state index in [1.807, 2.05) is 44.3 Å². The monoisotopic (exact) mass is 496 g/mol. The van der Waals surface area contributed by atoms with Crippen LogP contribution in [0.3, 0.4) is 0 Å². The first-order chi connectivity index (χ1) is 17.9. The summed E-state index contributed by atoms with van der Waals surface area (Å²) in [6, 6.07) is 13.0. The maximum absolute atomic E-state index is 13.4. The average Bonchev–Trinajstić information content (AvgIpc) is 3.47. The number of carbonyl (C=O) groups is 2. The fourth-order valence-electron chi connectivity index (χ4n) is 7.29. The highest BCUT2D eigenvalue weighted by Gasteiger charge is 2.53. The number of para-hydroxylation sites is 1. The van der Waals surface area contributed by atoms with Crippen LogP contribution in [0.1, 0.15) is 40.3 Å². The lowest BCUT2D eigenvalue weighted by atomic mass is 9.93. The number of imide groups is 1. The summed E-state index contributed by atoms with van der Waals surface area (Å²) in [5, 5.41) is 19.6. The maximum Gasteiger partial charge on any atom is 0.259 e. The van der Waals surface area contributed by atoms with E-state index in [1.54, 1.807) is 19.2 Å². The standard InChI is InChI=1S/C28H24N4O5/c1-28-25(36-3)15(29-2)11-18(37-28)31-17-10-12(33)8-9-14(17)19-21-22(27(35)30-26(21)34)20-13-6-4-5-7-16(13)32(28)24(20)23(19)31/h4-10,15,18,25,29,33H,11H2,1-3H3,(H,30,34,35)/t15-,18-,25-,28+/m1/s1. The van der Waals surface area contributed by atoms with Crippen LogP contribution < -0.4 is 10.6 Å². The number of carbonyl (C=O) groups excluding carboxylic acids is 2. The van der Waals surface area contributed by atoms with E-state index in [4.69, 9.17) is 9.47 Å². The van der Waals surface area contributed by atoms with Crippen LogP contribution in [0.25, 0.3) is 43.6 Å². The van der Waals surface area contributed by atoms with Crippen LogP contribution in [0.2, 0.25) is 0 Å². The van der Waals surface area contributed by atoms with Gasteiger partial charge in [0, 0.05) is 47.2 Å². The van der Waals surface area contributed by atoms with Gasteiger partial charge in [-0.05, 0) is 32.2 Å². The number of ether oxygens (including phenoxy) is 2. The first-order valence-corrected chi connectivity index (χ1v) is 12.4. The van der Waals surface area contributed by atoms with Crippen LogP contribution in [-0.2, 0) is 15.2 Å². The molecule has 0 radical (unpaired) electrons. The Morgan fingerprint density at radius 2 is 1.76 bits per heavy atom. The molecule has 3 aromatic carbocycles. The van der Waals surface area contributed by atoms with Crippen LogP contribution in [0, 0.1) is 0 Å². The van der Waals surface area contributed by atoms with Gasteiger partial charge in [0.15, 0.2) is 5.72 Å². The van der Waals surface area contributed by atoms with Gasteiger partial charge in [-0.15, -0.1) is 0 Å². The van der Waals surface area contributed by atoms with Crippen LogP contribution >= 0.6 is 0 Å². The molecule has 1 fully saturated rings. The zero-order chi connectivity index (χ0) is 25.4. The molecule has 1 saturated heterocycles. The molecule has 0 aliphatic carbocycles. The number of nitrogens with one attached hydrogen (secondary N) is 2. The number of amides is 2. The molecule has 0 spiro atoms. The largest absolute Gasteiger partial charge is 0.508 e. The van der Waals surface area contributed by atoms with E-state index < -0.39 is 23.8 Å². The highest BCUT2D eigenvalue weighted by molar-refractivity contribution is 6.39. The molecule has 9 nitrogen and oxygen atoms in total. The van der Waals surface area contributed by atoms with E-state index >= 15 is 0 Å². The predicted octanol–water partition coefficient (Wildman–Crippen LogP) is 3.70. The lowest BCUT2D eigenvalue weighted by Gasteiger charge is -2.48. The Hall–Kier alpha value is -3.92. The molecule has 186 valence electrons. The van der Waals surface area contributed by atoms with Crippen LogP contribution in [0.15, 0.2) is 42.5 Å². The summed E-state index contributed by atoms with van der Waals surface area (Å²) in [6.07, 6.45) is -0.169. The first-order valence-electron chi connectivity index (χ1n) is 12.4. The van der Waals surface area contributed by atoms with Crippen molar-refractivity contribution in [1.29, 1.82) is 0 Å². The minimum absolute atomic E-state index is 0.0548. The zero-order valence-corrected chi connectivity index (χ0v) is 20.5. The Morgan fingerprint density at radius 3 is 2.49 bits per heavy atom. The highest BCUT2D eigenvalue weighted by Crippen LogP contribution is 2.53.